The smallest absolute Gasteiger partial charge is 0.339 e. The van der Waals surface area contributed by atoms with Gasteiger partial charge in [-0.05, 0) is 185 Å². The number of carbonyl (C=O) groups excluding carboxylic acids is 4. The van der Waals surface area contributed by atoms with E-state index >= 15 is 0 Å². The number of ether oxygens (including phenoxy) is 4. The summed E-state index contributed by atoms with van der Waals surface area (Å²) in [6, 6.07) is 29.7. The first-order chi connectivity index (χ1) is 34.1. The lowest BCUT2D eigenvalue weighted by molar-refractivity contribution is -0.169. The van der Waals surface area contributed by atoms with Crippen molar-refractivity contribution in [2.45, 2.75) is 115 Å². The Hall–Kier alpha value is -7.26. The monoisotopic (exact) mass is 934 g/mol. The van der Waals surface area contributed by atoms with Crippen molar-refractivity contribution in [3.63, 3.8) is 0 Å². The predicted octanol–water partition coefficient (Wildman–Crippen LogP) is 11.9. The summed E-state index contributed by atoms with van der Waals surface area (Å²) >= 11 is 0. The summed E-state index contributed by atoms with van der Waals surface area (Å²) in [4.78, 5) is 50.6. The number of unbranched alkanes of at least 4 members (excludes halogenated alkanes) is 2. The molecule has 0 spiro atoms. The summed E-state index contributed by atoms with van der Waals surface area (Å²) < 4.78 is 21.9. The van der Waals surface area contributed by atoms with Gasteiger partial charge < -0.3 is 18.9 Å². The summed E-state index contributed by atoms with van der Waals surface area (Å²) in [6.45, 7) is 5.10. The second kappa shape index (κ2) is 25.4. The van der Waals surface area contributed by atoms with Crippen LogP contribution >= 0.6 is 0 Å². The van der Waals surface area contributed by atoms with Crippen LogP contribution in [0.4, 0.5) is 0 Å². The van der Waals surface area contributed by atoms with Crippen molar-refractivity contribution in [3.8, 4) is 53.6 Å². The van der Waals surface area contributed by atoms with E-state index < -0.39 is 36.3 Å². The molecule has 0 unspecified atom stereocenters. The van der Waals surface area contributed by atoms with E-state index in [1.807, 2.05) is 72.8 Å². The minimum atomic E-state index is -0.945. The number of hydrogen-bond acceptors (Lipinski definition) is 8. The van der Waals surface area contributed by atoms with Crippen molar-refractivity contribution in [2.75, 3.05) is 6.79 Å². The van der Waals surface area contributed by atoms with Crippen LogP contribution < -0.4 is 4.74 Å². The minimum Gasteiger partial charge on any atom is -0.442 e. The number of terminal acetylenes is 1. The van der Waals surface area contributed by atoms with E-state index in [-0.39, 0.29) is 11.8 Å². The van der Waals surface area contributed by atoms with Gasteiger partial charge in [-0.1, -0.05) is 87.6 Å². The number of rotatable bonds is 13. The van der Waals surface area contributed by atoms with E-state index in [0.717, 1.165) is 58.2 Å². The maximum atomic E-state index is 13.9. The fraction of sp³-hybridized carbons (Fsp3) is 0.387. The lowest BCUT2D eigenvalue weighted by Crippen LogP contribution is -2.39. The molecular formula is C62H62O8. The predicted molar refractivity (Wildman–Crippen MR) is 271 cm³/mol. The van der Waals surface area contributed by atoms with Gasteiger partial charge in [-0.2, -0.15) is 0 Å². The molecule has 0 radical (unpaired) electrons. The van der Waals surface area contributed by atoms with Crippen LogP contribution in [0.2, 0.25) is 0 Å². The first kappa shape index (κ1) is 50.6. The first-order valence-electron chi connectivity index (χ1n) is 25.0. The molecule has 0 heterocycles. The normalized spacial score (nSPS) is 21.5. The number of esters is 4. The van der Waals surface area contributed by atoms with Gasteiger partial charge in [0.15, 0.2) is 5.60 Å². The number of benzene rings is 4. The molecule has 0 aliphatic heterocycles. The second-order valence-electron chi connectivity index (χ2n) is 18.9. The molecule has 3 aliphatic carbocycles. The summed E-state index contributed by atoms with van der Waals surface area (Å²) in [6.07, 6.45) is 22.0. The molecular weight excluding hydrogens is 873 g/mol. The molecule has 3 fully saturated rings. The molecule has 8 heteroatoms. The fourth-order valence-corrected chi connectivity index (χ4v) is 9.84. The fourth-order valence-electron chi connectivity index (χ4n) is 9.84. The Labute approximate surface area is 414 Å². The lowest BCUT2D eigenvalue weighted by atomic mass is 9.67. The first-order valence-corrected chi connectivity index (χ1v) is 25.0. The van der Waals surface area contributed by atoms with Gasteiger partial charge in [-0.25, -0.2) is 9.59 Å². The summed E-state index contributed by atoms with van der Waals surface area (Å²) in [5, 5.41) is 0. The highest BCUT2D eigenvalue weighted by Crippen LogP contribution is 2.45. The van der Waals surface area contributed by atoms with Gasteiger partial charge in [0, 0.05) is 39.5 Å². The summed E-state index contributed by atoms with van der Waals surface area (Å²) in [5.74, 6) is 22.0. The molecule has 0 bridgehead atoms. The Balaban J connectivity index is 0.963. The molecule has 3 aliphatic rings. The van der Waals surface area contributed by atoms with Crippen molar-refractivity contribution in [3.05, 3.63) is 149 Å². The minimum absolute atomic E-state index is 0.318. The van der Waals surface area contributed by atoms with Crippen LogP contribution in [0.25, 0.3) is 0 Å². The van der Waals surface area contributed by atoms with E-state index in [1.165, 1.54) is 51.4 Å². The van der Waals surface area contributed by atoms with Crippen LogP contribution in [-0.4, -0.2) is 36.3 Å². The van der Waals surface area contributed by atoms with Crippen molar-refractivity contribution >= 4 is 23.9 Å². The average molecular weight is 935 g/mol. The topological polar surface area (TPSA) is 105 Å². The molecule has 4 aromatic carbocycles. The number of carbonyl (C=O) groups is 4. The van der Waals surface area contributed by atoms with Crippen LogP contribution in [-0.2, 0) is 28.6 Å². The van der Waals surface area contributed by atoms with Gasteiger partial charge in [0.25, 0.3) is 0 Å². The van der Waals surface area contributed by atoms with Crippen LogP contribution in [0.5, 0.6) is 5.75 Å². The Bertz CT molecular complexity index is 2660. The van der Waals surface area contributed by atoms with E-state index in [4.69, 9.17) is 25.4 Å². The zero-order valence-corrected chi connectivity index (χ0v) is 40.3. The molecule has 0 amide bonds. The van der Waals surface area contributed by atoms with Crippen LogP contribution in [0, 0.1) is 77.5 Å². The van der Waals surface area contributed by atoms with Crippen LogP contribution in [0.15, 0.2) is 110 Å². The van der Waals surface area contributed by atoms with E-state index in [2.05, 4.69) is 54.9 Å². The van der Waals surface area contributed by atoms with Gasteiger partial charge in [0.2, 0.25) is 6.79 Å². The lowest BCUT2D eigenvalue weighted by Gasteiger charge is -2.41. The zero-order valence-electron chi connectivity index (χ0n) is 40.3. The molecule has 0 atom stereocenters. The Morgan fingerprint density at radius 3 is 1.59 bits per heavy atom. The molecule has 3 saturated carbocycles. The van der Waals surface area contributed by atoms with Crippen LogP contribution in [0.1, 0.15) is 153 Å². The quantitative estimate of drug-likeness (QED) is 0.0326. The molecule has 7 rings (SSSR count). The van der Waals surface area contributed by atoms with Gasteiger partial charge in [0.05, 0.1) is 17.4 Å². The third-order valence-electron chi connectivity index (χ3n) is 14.1. The van der Waals surface area contributed by atoms with Crippen molar-refractivity contribution in [1.82, 2.24) is 0 Å². The third kappa shape index (κ3) is 14.9. The van der Waals surface area contributed by atoms with Crippen molar-refractivity contribution < 1.29 is 38.1 Å². The maximum Gasteiger partial charge on any atom is 0.339 e. The maximum absolute atomic E-state index is 13.9. The Kier molecular flexibility index (Phi) is 18.3. The Morgan fingerprint density at radius 2 is 1.09 bits per heavy atom. The average Bonchev–Trinajstić information content (AvgIpc) is 3.40. The molecule has 0 saturated heterocycles. The van der Waals surface area contributed by atoms with Crippen LogP contribution in [0.3, 0.4) is 0 Å². The van der Waals surface area contributed by atoms with Crippen molar-refractivity contribution in [1.29, 1.82) is 0 Å². The number of hydrogen-bond donors (Lipinski definition) is 0. The largest absolute Gasteiger partial charge is 0.442 e. The van der Waals surface area contributed by atoms with E-state index in [9.17, 15) is 19.2 Å². The van der Waals surface area contributed by atoms with Gasteiger partial charge in [0.1, 0.15) is 5.75 Å². The summed E-state index contributed by atoms with van der Waals surface area (Å²) in [7, 11) is 0. The Morgan fingerprint density at radius 1 is 0.600 bits per heavy atom. The van der Waals surface area contributed by atoms with Gasteiger partial charge in [-0.15, -0.1) is 6.42 Å². The summed E-state index contributed by atoms with van der Waals surface area (Å²) in [5.41, 5.74) is 4.57. The molecule has 8 nitrogen and oxygen atoms in total. The standard InChI is InChI=1S/C62H62O8/c1-4-7-8-9-46-26-28-52(29-27-46)53-39-42-62(43-40-53,41-38-51-24-22-50(23-25-51)21-20-49-18-16-48(17-19-49)15-14-47-12-10-45(5-2)11-13-47)70-61(66)56-34-36-57(37-35-56)69-60(65)55-32-30-54(31-33-55)59(64)68-44-67-58(63)6-3/h2,6,10-13,16-19,22-25,34-37,46,52-55H,3-4,7-9,26-33,39-40,42-44H2,1H3. The zero-order chi connectivity index (χ0) is 49.1. The highest BCUT2D eigenvalue weighted by atomic mass is 16.7. The highest BCUT2D eigenvalue weighted by Gasteiger charge is 2.41. The second-order valence-corrected chi connectivity index (χ2v) is 18.9. The highest BCUT2D eigenvalue weighted by molar-refractivity contribution is 5.90. The third-order valence-corrected chi connectivity index (χ3v) is 14.1. The van der Waals surface area contributed by atoms with Gasteiger partial charge >= 0.3 is 23.9 Å². The van der Waals surface area contributed by atoms with E-state index in [0.29, 0.717) is 61.7 Å². The molecule has 4 aromatic rings. The van der Waals surface area contributed by atoms with Gasteiger partial charge in [-0.3, -0.25) is 9.59 Å². The molecule has 0 aromatic heterocycles. The SMILES string of the molecule is C#Cc1ccc(C#Cc2ccc(C#Cc3ccc(C#CC4(OC(=O)c5ccc(OC(=O)C6CCC(C(=O)OCOC(=O)C=C)CC6)cc5)CCC(C5CCC(CCCCC)CC5)CC4)cc3)cc2)cc1. The molecule has 0 N–H and O–H groups in total. The van der Waals surface area contributed by atoms with E-state index in [1.54, 1.807) is 24.3 Å². The molecule has 358 valence electrons. The van der Waals surface area contributed by atoms with Crippen molar-refractivity contribution in [2.24, 2.45) is 29.6 Å². The molecule has 70 heavy (non-hydrogen) atoms.